The number of hydrogen-bond donors (Lipinski definition) is 1. The maximum Gasteiger partial charge on any atom is 0.142 e. The van der Waals surface area contributed by atoms with Crippen molar-refractivity contribution in [2.75, 3.05) is 5.32 Å². The first-order valence-electron chi connectivity index (χ1n) is 7.37. The Morgan fingerprint density at radius 3 is 2.68 bits per heavy atom. The highest BCUT2D eigenvalue weighted by Crippen LogP contribution is 2.30. The first kappa shape index (κ1) is 13.9. The predicted octanol–water partition coefficient (Wildman–Crippen LogP) is 3.37. The number of anilines is 1. The Bertz CT molecular complexity index is 463. The van der Waals surface area contributed by atoms with Gasteiger partial charge in [0.15, 0.2) is 0 Å². The van der Waals surface area contributed by atoms with Gasteiger partial charge in [-0.2, -0.15) is 10.4 Å². The third-order valence-electron chi connectivity index (χ3n) is 4.31. The van der Waals surface area contributed by atoms with E-state index in [2.05, 4.69) is 23.4 Å². The molecule has 1 fully saturated rings. The van der Waals surface area contributed by atoms with Crippen molar-refractivity contribution in [3.63, 3.8) is 0 Å². The molecule has 0 saturated heterocycles. The Morgan fingerprint density at radius 2 is 2.11 bits per heavy atom. The van der Waals surface area contributed by atoms with Gasteiger partial charge in [0, 0.05) is 13.1 Å². The van der Waals surface area contributed by atoms with Crippen molar-refractivity contribution in [2.45, 2.75) is 58.4 Å². The van der Waals surface area contributed by atoms with Gasteiger partial charge in [0.05, 0.1) is 5.69 Å². The van der Waals surface area contributed by atoms with Crippen LogP contribution >= 0.6 is 0 Å². The van der Waals surface area contributed by atoms with Crippen LogP contribution in [0.25, 0.3) is 0 Å². The Kier molecular flexibility index (Phi) is 4.47. The fourth-order valence-corrected chi connectivity index (χ4v) is 3.22. The summed E-state index contributed by atoms with van der Waals surface area (Å²) in [6.07, 6.45) is 7.78. The van der Waals surface area contributed by atoms with Crippen molar-refractivity contribution in [1.82, 2.24) is 9.78 Å². The molecule has 1 heterocycles. The van der Waals surface area contributed by atoms with Crippen LogP contribution in [0.4, 0.5) is 5.82 Å². The molecular formula is C15H24N4. The molecule has 1 aliphatic carbocycles. The molecular weight excluding hydrogens is 236 g/mol. The Balaban J connectivity index is 2.16. The van der Waals surface area contributed by atoms with Gasteiger partial charge in [0.2, 0.25) is 0 Å². The maximum absolute atomic E-state index is 9.27. The smallest absolute Gasteiger partial charge is 0.142 e. The van der Waals surface area contributed by atoms with E-state index in [0.717, 1.165) is 23.9 Å². The summed E-state index contributed by atoms with van der Waals surface area (Å²) in [5.74, 6) is 1.62. The molecule has 1 N–H and O–H groups in total. The number of nitrogens with zero attached hydrogens (tertiary/aromatic N) is 3. The molecule has 0 amide bonds. The van der Waals surface area contributed by atoms with Crippen LogP contribution in [0.2, 0.25) is 0 Å². The Morgan fingerprint density at radius 1 is 1.42 bits per heavy atom. The molecule has 2 rings (SSSR count). The predicted molar refractivity (Wildman–Crippen MR) is 76.9 cm³/mol. The molecule has 0 aromatic carbocycles. The lowest BCUT2D eigenvalue weighted by molar-refractivity contribution is 0.312. The van der Waals surface area contributed by atoms with Crippen molar-refractivity contribution in [3.8, 4) is 6.07 Å². The van der Waals surface area contributed by atoms with E-state index in [9.17, 15) is 5.26 Å². The average Bonchev–Trinajstić information content (AvgIpc) is 2.70. The van der Waals surface area contributed by atoms with Crippen molar-refractivity contribution in [1.29, 1.82) is 5.26 Å². The van der Waals surface area contributed by atoms with Gasteiger partial charge >= 0.3 is 0 Å². The molecule has 4 heteroatoms. The fraction of sp³-hybridized carbons (Fsp3) is 0.733. The van der Waals surface area contributed by atoms with Crippen LogP contribution < -0.4 is 5.32 Å². The molecule has 1 aromatic rings. The number of aromatic nitrogens is 2. The minimum atomic E-state index is 0.460. The van der Waals surface area contributed by atoms with E-state index in [1.165, 1.54) is 32.1 Å². The van der Waals surface area contributed by atoms with Crippen LogP contribution in [0.3, 0.4) is 0 Å². The summed E-state index contributed by atoms with van der Waals surface area (Å²) in [4.78, 5) is 0. The molecule has 1 aliphatic rings. The number of rotatable bonds is 4. The van der Waals surface area contributed by atoms with Gasteiger partial charge < -0.3 is 5.32 Å². The molecule has 0 aliphatic heterocycles. The standard InChI is InChI=1S/C15H24N4/c1-4-14(12-8-6-5-7-9-12)17-15-13(10-16)11(2)18-19(15)3/h12,14,17H,4-9H2,1-3H3. The maximum atomic E-state index is 9.27. The summed E-state index contributed by atoms with van der Waals surface area (Å²) in [6.45, 7) is 4.12. The van der Waals surface area contributed by atoms with Gasteiger partial charge in [-0.15, -0.1) is 0 Å². The Labute approximate surface area is 115 Å². The first-order valence-corrected chi connectivity index (χ1v) is 7.37. The van der Waals surface area contributed by atoms with Crippen LogP contribution in [-0.4, -0.2) is 15.8 Å². The van der Waals surface area contributed by atoms with Crippen LogP contribution in [0.15, 0.2) is 0 Å². The highest BCUT2D eigenvalue weighted by Gasteiger charge is 2.24. The SMILES string of the molecule is CCC(Nc1c(C#N)c(C)nn1C)C1CCCCC1. The highest BCUT2D eigenvalue weighted by molar-refractivity contribution is 5.55. The minimum Gasteiger partial charge on any atom is -0.366 e. The topological polar surface area (TPSA) is 53.6 Å². The van der Waals surface area contributed by atoms with E-state index in [1.807, 2.05) is 14.0 Å². The van der Waals surface area contributed by atoms with E-state index in [-0.39, 0.29) is 0 Å². The highest BCUT2D eigenvalue weighted by atomic mass is 15.3. The minimum absolute atomic E-state index is 0.460. The summed E-state index contributed by atoms with van der Waals surface area (Å²) >= 11 is 0. The van der Waals surface area contributed by atoms with Crippen LogP contribution in [0.5, 0.6) is 0 Å². The summed E-state index contributed by atoms with van der Waals surface area (Å²) in [7, 11) is 1.91. The summed E-state index contributed by atoms with van der Waals surface area (Å²) in [5.41, 5.74) is 1.50. The van der Waals surface area contributed by atoms with Gasteiger partial charge in [-0.25, -0.2) is 0 Å². The van der Waals surface area contributed by atoms with Crippen molar-refractivity contribution in [3.05, 3.63) is 11.3 Å². The zero-order chi connectivity index (χ0) is 13.8. The molecule has 0 spiro atoms. The molecule has 1 aromatic heterocycles. The number of nitrogens with one attached hydrogen (secondary N) is 1. The fourth-order valence-electron chi connectivity index (χ4n) is 3.22. The van der Waals surface area contributed by atoms with Gasteiger partial charge in [-0.1, -0.05) is 26.2 Å². The zero-order valence-corrected chi connectivity index (χ0v) is 12.2. The van der Waals surface area contributed by atoms with Crippen molar-refractivity contribution in [2.24, 2.45) is 13.0 Å². The number of aryl methyl sites for hydroxylation is 2. The van der Waals surface area contributed by atoms with Gasteiger partial charge in [-0.3, -0.25) is 4.68 Å². The Hall–Kier alpha value is -1.50. The van der Waals surface area contributed by atoms with Crippen molar-refractivity contribution >= 4 is 5.82 Å². The van der Waals surface area contributed by atoms with E-state index in [4.69, 9.17) is 0 Å². The molecule has 4 nitrogen and oxygen atoms in total. The van der Waals surface area contributed by atoms with Crippen LogP contribution in [0.1, 0.15) is 56.7 Å². The second-order valence-corrected chi connectivity index (χ2v) is 5.60. The summed E-state index contributed by atoms with van der Waals surface area (Å²) < 4.78 is 1.80. The van der Waals surface area contributed by atoms with Gasteiger partial charge in [-0.05, 0) is 32.1 Å². The lowest BCUT2D eigenvalue weighted by Crippen LogP contribution is -2.31. The zero-order valence-electron chi connectivity index (χ0n) is 12.2. The van der Waals surface area contributed by atoms with E-state index < -0.39 is 0 Å². The van der Waals surface area contributed by atoms with Crippen LogP contribution in [0, 0.1) is 24.2 Å². The first-order chi connectivity index (χ1) is 9.17. The van der Waals surface area contributed by atoms with Gasteiger partial charge in [0.1, 0.15) is 17.5 Å². The van der Waals surface area contributed by atoms with Gasteiger partial charge in [0.25, 0.3) is 0 Å². The van der Waals surface area contributed by atoms with Crippen molar-refractivity contribution < 1.29 is 0 Å². The molecule has 104 valence electrons. The largest absolute Gasteiger partial charge is 0.366 e. The van der Waals surface area contributed by atoms with E-state index in [0.29, 0.717) is 11.6 Å². The quantitative estimate of drug-likeness (QED) is 0.903. The molecule has 0 radical (unpaired) electrons. The summed E-state index contributed by atoms with van der Waals surface area (Å²) in [6, 6.07) is 2.73. The molecule has 1 atom stereocenters. The van der Waals surface area contributed by atoms with Crippen LogP contribution in [-0.2, 0) is 7.05 Å². The second kappa shape index (κ2) is 6.10. The number of nitriles is 1. The lowest BCUT2D eigenvalue weighted by atomic mass is 9.83. The van der Waals surface area contributed by atoms with E-state index >= 15 is 0 Å². The lowest BCUT2D eigenvalue weighted by Gasteiger charge is -2.31. The molecule has 19 heavy (non-hydrogen) atoms. The third-order valence-corrected chi connectivity index (χ3v) is 4.31. The monoisotopic (exact) mass is 260 g/mol. The average molecular weight is 260 g/mol. The normalized spacial score (nSPS) is 18.0. The molecule has 1 saturated carbocycles. The number of hydrogen-bond acceptors (Lipinski definition) is 3. The second-order valence-electron chi connectivity index (χ2n) is 5.60. The summed E-state index contributed by atoms with van der Waals surface area (Å²) in [5, 5.41) is 17.2. The molecule has 0 bridgehead atoms. The van der Waals surface area contributed by atoms with E-state index in [1.54, 1.807) is 4.68 Å². The molecule has 1 unspecified atom stereocenters. The third kappa shape index (κ3) is 2.91.